The number of carbonyl (C=O) groups excluding carboxylic acids is 1. The smallest absolute Gasteiger partial charge is 0.193 e. The molecule has 2 nitrogen and oxygen atoms in total. The van der Waals surface area contributed by atoms with Crippen LogP contribution in [0, 0.1) is 0 Å². The molecule has 0 aliphatic carbocycles. The number of rotatable bonds is 5. The van der Waals surface area contributed by atoms with Crippen LogP contribution < -0.4 is 0 Å². The monoisotopic (exact) mass is 302 g/mol. The highest BCUT2D eigenvalue weighted by Crippen LogP contribution is 2.19. The predicted octanol–water partition coefficient (Wildman–Crippen LogP) is 4.19. The van der Waals surface area contributed by atoms with E-state index in [1.54, 1.807) is 0 Å². The molecule has 0 radical (unpaired) electrons. The van der Waals surface area contributed by atoms with Gasteiger partial charge < -0.3 is 5.11 Å². The average Bonchev–Trinajstić information content (AvgIpc) is 2.63. The number of ketones is 1. The summed E-state index contributed by atoms with van der Waals surface area (Å²) >= 11 is 0. The van der Waals surface area contributed by atoms with Gasteiger partial charge in [0.1, 0.15) is 0 Å². The molecule has 0 saturated heterocycles. The summed E-state index contributed by atoms with van der Waals surface area (Å²) in [7, 11) is 0. The molecule has 3 aromatic rings. The van der Waals surface area contributed by atoms with E-state index < -0.39 is 6.10 Å². The van der Waals surface area contributed by atoms with Crippen molar-refractivity contribution < 1.29 is 9.90 Å². The molecule has 0 aliphatic rings. The number of hydrogen-bond donors (Lipinski definition) is 1. The lowest BCUT2D eigenvalue weighted by molar-refractivity contribution is 0.103. The van der Waals surface area contributed by atoms with Crippen LogP contribution in [0.4, 0.5) is 0 Å². The van der Waals surface area contributed by atoms with E-state index in [1.165, 1.54) is 0 Å². The molecule has 0 saturated carbocycles. The Balaban J connectivity index is 1.71. The second kappa shape index (κ2) is 7.03. The molecule has 2 heteroatoms. The maximum Gasteiger partial charge on any atom is 0.193 e. The Kier molecular flexibility index (Phi) is 4.65. The summed E-state index contributed by atoms with van der Waals surface area (Å²) in [6.07, 6.45) is -0.00373. The van der Waals surface area contributed by atoms with Crippen LogP contribution in [0.3, 0.4) is 0 Å². The third-order valence-electron chi connectivity index (χ3n) is 3.87. The lowest BCUT2D eigenvalue weighted by atomic mass is 9.98. The van der Waals surface area contributed by atoms with E-state index in [1.807, 2.05) is 84.9 Å². The number of carbonyl (C=O) groups is 1. The van der Waals surface area contributed by atoms with Crippen LogP contribution >= 0.6 is 0 Å². The Morgan fingerprint density at radius 3 is 1.87 bits per heavy atom. The van der Waals surface area contributed by atoms with Gasteiger partial charge in [0.2, 0.25) is 0 Å². The van der Waals surface area contributed by atoms with Gasteiger partial charge in [-0.3, -0.25) is 4.79 Å². The van der Waals surface area contributed by atoms with Crippen LogP contribution in [0.1, 0.15) is 33.2 Å². The van der Waals surface area contributed by atoms with Crippen molar-refractivity contribution in [3.63, 3.8) is 0 Å². The molecule has 0 aromatic heterocycles. The Morgan fingerprint density at radius 1 is 0.739 bits per heavy atom. The van der Waals surface area contributed by atoms with Crippen LogP contribution in [-0.2, 0) is 6.42 Å². The molecule has 1 unspecified atom stereocenters. The molecule has 3 aromatic carbocycles. The third-order valence-corrected chi connectivity index (χ3v) is 3.87. The van der Waals surface area contributed by atoms with Crippen LogP contribution in [0.25, 0.3) is 0 Å². The first-order chi connectivity index (χ1) is 11.2. The molecular weight excluding hydrogens is 284 g/mol. The fourth-order valence-corrected chi connectivity index (χ4v) is 2.56. The summed E-state index contributed by atoms with van der Waals surface area (Å²) < 4.78 is 0. The van der Waals surface area contributed by atoms with E-state index in [0.717, 1.165) is 11.1 Å². The van der Waals surface area contributed by atoms with Crippen molar-refractivity contribution in [2.75, 3.05) is 0 Å². The molecule has 0 spiro atoms. The third kappa shape index (κ3) is 3.74. The van der Waals surface area contributed by atoms with Crippen molar-refractivity contribution in [3.05, 3.63) is 107 Å². The van der Waals surface area contributed by atoms with Gasteiger partial charge >= 0.3 is 0 Å². The number of aliphatic hydroxyl groups excluding tert-OH is 1. The van der Waals surface area contributed by atoms with Gasteiger partial charge in [0.25, 0.3) is 0 Å². The molecule has 1 N–H and O–H groups in total. The Morgan fingerprint density at radius 2 is 1.26 bits per heavy atom. The van der Waals surface area contributed by atoms with Gasteiger partial charge in [-0.25, -0.2) is 0 Å². The fraction of sp³-hybridized carbons (Fsp3) is 0.0952. The minimum absolute atomic E-state index is 0.0146. The first-order valence-corrected chi connectivity index (χ1v) is 7.66. The summed E-state index contributed by atoms with van der Waals surface area (Å²) in [6, 6.07) is 26.3. The first kappa shape index (κ1) is 15.2. The SMILES string of the molecule is O=C(c1ccccc1)c1ccc(CC(O)c2ccccc2)cc1. The normalized spacial score (nSPS) is 11.9. The van der Waals surface area contributed by atoms with Crippen LogP contribution in [-0.4, -0.2) is 10.9 Å². The second-order valence-corrected chi connectivity index (χ2v) is 5.52. The van der Waals surface area contributed by atoms with Crippen molar-refractivity contribution in [1.29, 1.82) is 0 Å². The van der Waals surface area contributed by atoms with E-state index in [4.69, 9.17) is 0 Å². The number of aliphatic hydroxyl groups is 1. The van der Waals surface area contributed by atoms with Gasteiger partial charge in [0.15, 0.2) is 5.78 Å². The molecule has 0 bridgehead atoms. The summed E-state index contributed by atoms with van der Waals surface area (Å²) in [6.45, 7) is 0. The average molecular weight is 302 g/mol. The summed E-state index contributed by atoms with van der Waals surface area (Å²) in [4.78, 5) is 12.4. The molecule has 0 aliphatic heterocycles. The lowest BCUT2D eigenvalue weighted by Gasteiger charge is -2.11. The highest BCUT2D eigenvalue weighted by Gasteiger charge is 2.10. The topological polar surface area (TPSA) is 37.3 Å². The standard InChI is InChI=1S/C21H18O2/c22-20(17-7-3-1-4-8-17)15-16-11-13-19(14-12-16)21(23)18-9-5-2-6-10-18/h1-14,20,22H,15H2. The molecule has 3 rings (SSSR count). The Hall–Kier alpha value is -2.71. The Labute approximate surface area is 136 Å². The predicted molar refractivity (Wildman–Crippen MR) is 91.4 cm³/mol. The quantitative estimate of drug-likeness (QED) is 0.717. The van der Waals surface area contributed by atoms with Crippen molar-refractivity contribution in [2.24, 2.45) is 0 Å². The maximum absolute atomic E-state index is 12.4. The zero-order valence-corrected chi connectivity index (χ0v) is 12.7. The second-order valence-electron chi connectivity index (χ2n) is 5.52. The molecule has 0 fully saturated rings. The Bertz CT molecular complexity index is 762. The molecule has 0 heterocycles. The minimum Gasteiger partial charge on any atom is -0.388 e. The molecule has 114 valence electrons. The van der Waals surface area contributed by atoms with Gasteiger partial charge in [-0.1, -0.05) is 84.9 Å². The van der Waals surface area contributed by atoms with E-state index in [2.05, 4.69) is 0 Å². The highest BCUT2D eigenvalue weighted by molar-refractivity contribution is 6.08. The molecule has 0 amide bonds. The molecular formula is C21H18O2. The summed E-state index contributed by atoms with van der Waals surface area (Å²) in [5, 5.41) is 10.3. The van der Waals surface area contributed by atoms with E-state index in [0.29, 0.717) is 17.5 Å². The molecule has 1 atom stereocenters. The maximum atomic E-state index is 12.4. The van der Waals surface area contributed by atoms with Crippen LogP contribution in [0.5, 0.6) is 0 Å². The first-order valence-electron chi connectivity index (χ1n) is 7.66. The van der Waals surface area contributed by atoms with E-state index >= 15 is 0 Å². The fourth-order valence-electron chi connectivity index (χ4n) is 2.56. The molecule has 23 heavy (non-hydrogen) atoms. The van der Waals surface area contributed by atoms with Gasteiger partial charge in [-0.05, 0) is 11.1 Å². The van der Waals surface area contributed by atoms with Crippen molar-refractivity contribution in [3.8, 4) is 0 Å². The zero-order chi connectivity index (χ0) is 16.1. The van der Waals surface area contributed by atoms with Crippen molar-refractivity contribution in [2.45, 2.75) is 12.5 Å². The van der Waals surface area contributed by atoms with Crippen LogP contribution in [0.2, 0.25) is 0 Å². The minimum atomic E-state index is -0.535. The van der Waals surface area contributed by atoms with Gasteiger partial charge in [0, 0.05) is 17.5 Å². The lowest BCUT2D eigenvalue weighted by Crippen LogP contribution is -2.03. The summed E-state index contributed by atoms with van der Waals surface area (Å²) in [5.41, 5.74) is 3.25. The van der Waals surface area contributed by atoms with Gasteiger partial charge in [-0.2, -0.15) is 0 Å². The summed E-state index contributed by atoms with van der Waals surface area (Å²) in [5.74, 6) is 0.0146. The van der Waals surface area contributed by atoms with Gasteiger partial charge in [-0.15, -0.1) is 0 Å². The number of benzene rings is 3. The largest absolute Gasteiger partial charge is 0.388 e. The highest BCUT2D eigenvalue weighted by atomic mass is 16.3. The van der Waals surface area contributed by atoms with Crippen molar-refractivity contribution in [1.82, 2.24) is 0 Å². The van der Waals surface area contributed by atoms with Crippen LogP contribution in [0.15, 0.2) is 84.9 Å². The van der Waals surface area contributed by atoms with Gasteiger partial charge in [0.05, 0.1) is 6.10 Å². The van der Waals surface area contributed by atoms with E-state index in [9.17, 15) is 9.90 Å². The zero-order valence-electron chi connectivity index (χ0n) is 12.7. The van der Waals surface area contributed by atoms with E-state index in [-0.39, 0.29) is 5.78 Å². The van der Waals surface area contributed by atoms with Crippen molar-refractivity contribution >= 4 is 5.78 Å². The number of hydrogen-bond acceptors (Lipinski definition) is 2.